The summed E-state index contributed by atoms with van der Waals surface area (Å²) in [5.41, 5.74) is 1.06. The number of aromatic nitrogens is 2. The van der Waals surface area contributed by atoms with Crippen LogP contribution in [0.1, 0.15) is 5.69 Å². The first-order chi connectivity index (χ1) is 7.88. The van der Waals surface area contributed by atoms with Crippen LogP contribution in [0.5, 0.6) is 0 Å². The van der Waals surface area contributed by atoms with Gasteiger partial charge in [-0.3, -0.25) is 0 Å². The van der Waals surface area contributed by atoms with E-state index in [0.717, 1.165) is 22.3 Å². The maximum Gasteiger partial charge on any atom is 0.125 e. The summed E-state index contributed by atoms with van der Waals surface area (Å²) in [7, 11) is 1.87. The summed E-state index contributed by atoms with van der Waals surface area (Å²) in [6.45, 7) is 0. The van der Waals surface area contributed by atoms with Gasteiger partial charge in [0.1, 0.15) is 5.82 Å². The van der Waals surface area contributed by atoms with Crippen molar-refractivity contribution in [3.63, 3.8) is 0 Å². The lowest BCUT2D eigenvalue weighted by atomic mass is 10.4. The van der Waals surface area contributed by atoms with Crippen molar-refractivity contribution in [2.75, 3.05) is 12.4 Å². The van der Waals surface area contributed by atoms with Crippen molar-refractivity contribution < 1.29 is 0 Å². The summed E-state index contributed by atoms with van der Waals surface area (Å²) < 4.78 is 0. The highest BCUT2D eigenvalue weighted by molar-refractivity contribution is 7.98. The molecule has 1 N–H and O–H groups in total. The van der Waals surface area contributed by atoms with E-state index in [4.69, 9.17) is 0 Å². The zero-order valence-corrected chi connectivity index (χ0v) is 9.87. The fraction of sp³-hybridized carbons (Fsp3) is 0.167. The van der Waals surface area contributed by atoms with Crippen molar-refractivity contribution in [1.29, 1.82) is 0 Å². The molecule has 0 aliphatic carbocycles. The quantitative estimate of drug-likeness (QED) is 0.821. The third kappa shape index (κ3) is 2.97. The molecule has 3 nitrogen and oxygen atoms in total. The molecule has 0 amide bonds. The molecule has 2 aromatic rings. The fourth-order valence-corrected chi connectivity index (χ4v) is 2.05. The van der Waals surface area contributed by atoms with Gasteiger partial charge in [-0.05, 0) is 24.3 Å². The first-order valence-corrected chi connectivity index (χ1v) is 6.04. The van der Waals surface area contributed by atoms with Gasteiger partial charge in [0.05, 0.1) is 10.7 Å². The van der Waals surface area contributed by atoms with Gasteiger partial charge < -0.3 is 5.32 Å². The van der Waals surface area contributed by atoms with Crippen LogP contribution >= 0.6 is 11.8 Å². The van der Waals surface area contributed by atoms with Gasteiger partial charge in [-0.25, -0.2) is 9.97 Å². The second-order valence-corrected chi connectivity index (χ2v) is 4.22. The molecule has 0 saturated carbocycles. The van der Waals surface area contributed by atoms with Gasteiger partial charge in [0.25, 0.3) is 0 Å². The zero-order valence-electron chi connectivity index (χ0n) is 9.05. The van der Waals surface area contributed by atoms with Crippen molar-refractivity contribution in [2.24, 2.45) is 0 Å². The van der Waals surface area contributed by atoms with Crippen molar-refractivity contribution >= 4 is 17.6 Å². The van der Waals surface area contributed by atoms with Crippen LogP contribution in [0.3, 0.4) is 0 Å². The minimum atomic E-state index is 0.840. The van der Waals surface area contributed by atoms with Crippen LogP contribution < -0.4 is 5.32 Å². The number of pyridine rings is 2. The van der Waals surface area contributed by atoms with Crippen LogP contribution in [0.4, 0.5) is 5.82 Å². The third-order valence-electron chi connectivity index (χ3n) is 2.07. The van der Waals surface area contributed by atoms with Crippen molar-refractivity contribution in [2.45, 2.75) is 10.8 Å². The summed E-state index contributed by atoms with van der Waals surface area (Å²) in [4.78, 5) is 8.70. The first kappa shape index (κ1) is 11.0. The zero-order chi connectivity index (χ0) is 11.2. The smallest absolute Gasteiger partial charge is 0.125 e. The summed E-state index contributed by atoms with van der Waals surface area (Å²) >= 11 is 1.69. The molecule has 0 unspecified atom stereocenters. The number of nitrogens with zero attached hydrogens (tertiary/aromatic N) is 2. The van der Waals surface area contributed by atoms with Gasteiger partial charge in [-0.2, -0.15) is 0 Å². The van der Waals surface area contributed by atoms with Crippen LogP contribution in [0.15, 0.2) is 47.6 Å². The maximum absolute atomic E-state index is 4.45. The van der Waals surface area contributed by atoms with E-state index in [9.17, 15) is 0 Å². The topological polar surface area (TPSA) is 37.8 Å². The monoisotopic (exact) mass is 231 g/mol. The Morgan fingerprint density at radius 1 is 1.19 bits per heavy atom. The average molecular weight is 231 g/mol. The predicted octanol–water partition coefficient (Wildman–Crippen LogP) is 2.81. The number of nitrogens with one attached hydrogen (secondary N) is 1. The molecule has 0 fully saturated rings. The Morgan fingerprint density at radius 2 is 2.12 bits per heavy atom. The van der Waals surface area contributed by atoms with Gasteiger partial charge in [-0.1, -0.05) is 12.1 Å². The van der Waals surface area contributed by atoms with E-state index in [2.05, 4.69) is 15.3 Å². The van der Waals surface area contributed by atoms with Crippen molar-refractivity contribution in [3.8, 4) is 0 Å². The second-order valence-electron chi connectivity index (χ2n) is 3.22. The van der Waals surface area contributed by atoms with Crippen LogP contribution in [0.2, 0.25) is 0 Å². The highest BCUT2D eigenvalue weighted by Crippen LogP contribution is 2.19. The Kier molecular flexibility index (Phi) is 3.77. The van der Waals surface area contributed by atoms with E-state index in [1.165, 1.54) is 0 Å². The Hall–Kier alpha value is -1.55. The largest absolute Gasteiger partial charge is 0.373 e. The summed E-state index contributed by atoms with van der Waals surface area (Å²) in [5.74, 6) is 1.74. The number of hydrogen-bond acceptors (Lipinski definition) is 4. The fourth-order valence-electron chi connectivity index (χ4n) is 1.28. The molecule has 0 radical (unpaired) electrons. The predicted molar refractivity (Wildman–Crippen MR) is 67.6 cm³/mol. The highest BCUT2D eigenvalue weighted by atomic mass is 32.2. The van der Waals surface area contributed by atoms with E-state index in [1.54, 1.807) is 18.0 Å². The molecule has 2 heterocycles. The van der Waals surface area contributed by atoms with Gasteiger partial charge >= 0.3 is 0 Å². The molecule has 0 atom stereocenters. The number of rotatable bonds is 4. The Morgan fingerprint density at radius 3 is 2.88 bits per heavy atom. The second kappa shape index (κ2) is 5.51. The van der Waals surface area contributed by atoms with Gasteiger partial charge in [0, 0.05) is 19.0 Å². The molecule has 0 aromatic carbocycles. The summed E-state index contributed by atoms with van der Waals surface area (Å²) in [6.07, 6.45) is 1.81. The van der Waals surface area contributed by atoms with Crippen LogP contribution in [-0.2, 0) is 5.75 Å². The normalized spacial score (nSPS) is 10.1. The lowest BCUT2D eigenvalue weighted by Crippen LogP contribution is -1.94. The molecular weight excluding hydrogens is 218 g/mol. The molecule has 16 heavy (non-hydrogen) atoms. The molecule has 0 aliphatic rings. The van der Waals surface area contributed by atoms with E-state index >= 15 is 0 Å². The minimum Gasteiger partial charge on any atom is -0.373 e. The molecule has 0 spiro atoms. The number of anilines is 1. The van der Waals surface area contributed by atoms with Gasteiger partial charge in [-0.15, -0.1) is 11.8 Å². The van der Waals surface area contributed by atoms with E-state index < -0.39 is 0 Å². The molecule has 0 bridgehead atoms. The Balaban J connectivity index is 1.99. The minimum absolute atomic E-state index is 0.840. The molecule has 0 aliphatic heterocycles. The standard InChI is InChI=1S/C12H13N3S/c1-13-11-6-4-5-10(15-11)9-16-12-7-2-3-8-14-12/h2-8H,9H2,1H3,(H,13,15). The van der Waals surface area contributed by atoms with Crippen LogP contribution in [-0.4, -0.2) is 17.0 Å². The van der Waals surface area contributed by atoms with Gasteiger partial charge in [0.2, 0.25) is 0 Å². The lowest BCUT2D eigenvalue weighted by molar-refractivity contribution is 1.12. The van der Waals surface area contributed by atoms with Crippen molar-refractivity contribution in [1.82, 2.24) is 9.97 Å². The number of hydrogen-bond donors (Lipinski definition) is 1. The first-order valence-electron chi connectivity index (χ1n) is 5.06. The molecule has 4 heteroatoms. The third-order valence-corrected chi connectivity index (χ3v) is 3.05. The molecule has 82 valence electrons. The maximum atomic E-state index is 4.45. The Labute approximate surface area is 99.3 Å². The van der Waals surface area contributed by atoms with E-state index in [0.29, 0.717) is 0 Å². The van der Waals surface area contributed by atoms with Gasteiger partial charge in [0.15, 0.2) is 0 Å². The van der Waals surface area contributed by atoms with Crippen molar-refractivity contribution in [3.05, 3.63) is 48.3 Å². The lowest BCUT2D eigenvalue weighted by Gasteiger charge is -2.03. The Bertz CT molecular complexity index is 445. The summed E-state index contributed by atoms with van der Waals surface area (Å²) in [6, 6.07) is 11.9. The SMILES string of the molecule is CNc1cccc(CSc2ccccn2)n1. The summed E-state index contributed by atoms with van der Waals surface area (Å²) in [5, 5.41) is 4.06. The molecule has 2 aromatic heterocycles. The molecule has 2 rings (SSSR count). The molecule has 0 saturated heterocycles. The van der Waals surface area contributed by atoms with Crippen LogP contribution in [0.25, 0.3) is 0 Å². The van der Waals surface area contributed by atoms with Crippen LogP contribution in [0, 0.1) is 0 Å². The van der Waals surface area contributed by atoms with E-state index in [1.807, 2.05) is 43.4 Å². The average Bonchev–Trinajstić information content (AvgIpc) is 2.38. The highest BCUT2D eigenvalue weighted by Gasteiger charge is 1.98. The van der Waals surface area contributed by atoms with E-state index in [-0.39, 0.29) is 0 Å². The molecular formula is C12H13N3S. The number of thioether (sulfide) groups is 1.